The number of benzene rings is 1. The van der Waals surface area contributed by atoms with Gasteiger partial charge in [-0.05, 0) is 35.0 Å². The number of anilines is 1. The number of carbonyl (C=O) groups is 2. The van der Waals surface area contributed by atoms with Crippen molar-refractivity contribution >= 4 is 40.2 Å². The molecule has 0 unspecified atom stereocenters. The Kier molecular flexibility index (Phi) is 6.09. The largest absolute Gasteiger partial charge is 0.453 e. The summed E-state index contributed by atoms with van der Waals surface area (Å²) in [5.74, 6) is -0.389. The van der Waals surface area contributed by atoms with Crippen molar-refractivity contribution in [1.29, 1.82) is 0 Å². The molecule has 0 spiro atoms. The zero-order valence-corrected chi connectivity index (χ0v) is 19.8. The summed E-state index contributed by atoms with van der Waals surface area (Å²) in [4.78, 5) is 27.3. The fraction of sp³-hybridized carbons (Fsp3) is 0.360. The van der Waals surface area contributed by atoms with Gasteiger partial charge in [0, 0.05) is 24.4 Å². The minimum absolute atomic E-state index is 0.0275. The highest BCUT2D eigenvalue weighted by molar-refractivity contribution is 7.12. The maximum atomic E-state index is 13.4. The zero-order chi connectivity index (χ0) is 22.9. The highest BCUT2D eigenvalue weighted by atomic mass is 32.1. The zero-order valence-electron chi connectivity index (χ0n) is 18.2. The van der Waals surface area contributed by atoms with Crippen LogP contribution in [0.15, 0.2) is 65.4 Å². The number of esters is 1. The molecule has 6 nitrogen and oxygen atoms in total. The Balaban J connectivity index is 1.31. The normalized spacial score (nSPS) is 24.4. The summed E-state index contributed by atoms with van der Waals surface area (Å²) in [6.07, 6.45) is 1.51. The van der Waals surface area contributed by atoms with E-state index in [4.69, 9.17) is 4.74 Å². The third kappa shape index (κ3) is 4.36. The van der Waals surface area contributed by atoms with Gasteiger partial charge >= 0.3 is 5.97 Å². The number of aliphatic hydroxyl groups is 1. The van der Waals surface area contributed by atoms with Crippen molar-refractivity contribution < 1.29 is 23.9 Å². The van der Waals surface area contributed by atoms with Gasteiger partial charge in [0.25, 0.3) is 5.91 Å². The number of ether oxygens (including phenoxy) is 1. The summed E-state index contributed by atoms with van der Waals surface area (Å²) in [6.45, 7) is 2.77. The van der Waals surface area contributed by atoms with Crippen LogP contribution in [0.25, 0.3) is 0 Å². The number of quaternary nitrogens is 1. The molecule has 0 aliphatic carbocycles. The number of amides is 1. The molecule has 3 fully saturated rings. The third-order valence-corrected chi connectivity index (χ3v) is 8.84. The molecule has 0 radical (unpaired) electrons. The lowest BCUT2D eigenvalue weighted by molar-refractivity contribution is -0.939. The lowest BCUT2D eigenvalue weighted by Gasteiger charge is -2.51. The SMILES string of the molecule is O=C(C[N+]12CCC(CC1)[C@@H](OC(=O)C(O)(c1cccs1)c1cccs1)C2)Nc1ccccc1. The van der Waals surface area contributed by atoms with E-state index in [-0.39, 0.29) is 17.9 Å². The molecule has 33 heavy (non-hydrogen) atoms. The highest BCUT2D eigenvalue weighted by Gasteiger charge is 2.51. The summed E-state index contributed by atoms with van der Waals surface area (Å²) >= 11 is 2.68. The van der Waals surface area contributed by atoms with Gasteiger partial charge in [-0.1, -0.05) is 30.3 Å². The molecule has 1 atom stereocenters. The molecule has 3 saturated heterocycles. The summed E-state index contributed by atoms with van der Waals surface area (Å²) in [7, 11) is 0. The molecule has 5 heterocycles. The molecule has 3 aliphatic heterocycles. The maximum Gasteiger partial charge on any atom is 0.349 e. The third-order valence-electron chi connectivity index (χ3n) is 6.89. The van der Waals surface area contributed by atoms with Crippen LogP contribution in [-0.2, 0) is 19.9 Å². The topological polar surface area (TPSA) is 75.6 Å². The Morgan fingerprint density at radius 3 is 2.21 bits per heavy atom. The van der Waals surface area contributed by atoms with Crippen LogP contribution in [0.5, 0.6) is 0 Å². The molecule has 172 valence electrons. The van der Waals surface area contributed by atoms with Crippen molar-refractivity contribution in [1.82, 2.24) is 0 Å². The second kappa shape index (κ2) is 9.02. The van der Waals surface area contributed by atoms with E-state index >= 15 is 0 Å². The van der Waals surface area contributed by atoms with Crippen LogP contribution in [-0.4, -0.2) is 53.7 Å². The maximum absolute atomic E-state index is 13.4. The minimum atomic E-state index is -1.80. The van der Waals surface area contributed by atoms with Crippen molar-refractivity contribution in [2.75, 3.05) is 31.5 Å². The standard InChI is InChI=1S/C25H26N2O4S2/c28-23(26-19-6-2-1-3-7-19)17-27-12-10-18(11-13-27)20(16-27)31-24(29)25(30,21-8-4-14-32-21)22-9-5-15-33-22/h1-9,14-15,18,20,30H,10-13,16-17H2/p+1/t18?,20-,27?/m0/s1. The van der Waals surface area contributed by atoms with Crippen LogP contribution in [0.3, 0.4) is 0 Å². The van der Waals surface area contributed by atoms with Crippen LogP contribution in [0.2, 0.25) is 0 Å². The molecule has 2 aromatic heterocycles. The number of hydrogen-bond acceptors (Lipinski definition) is 6. The summed E-state index contributed by atoms with van der Waals surface area (Å²) in [5, 5.41) is 18.2. The van der Waals surface area contributed by atoms with Crippen molar-refractivity contribution in [2.45, 2.75) is 24.5 Å². The molecule has 1 amide bonds. The fourth-order valence-corrected chi connectivity index (χ4v) is 6.83. The molecular formula is C25H27N2O4S2+. The van der Waals surface area contributed by atoms with E-state index in [1.165, 1.54) is 22.7 Å². The van der Waals surface area contributed by atoms with E-state index in [1.54, 1.807) is 12.1 Å². The number of nitrogens with one attached hydrogen (secondary N) is 1. The first kappa shape index (κ1) is 22.3. The first-order chi connectivity index (χ1) is 16.0. The quantitative estimate of drug-likeness (QED) is 0.396. The van der Waals surface area contributed by atoms with E-state index in [1.807, 2.05) is 53.2 Å². The predicted octanol–water partition coefficient (Wildman–Crippen LogP) is 3.84. The van der Waals surface area contributed by atoms with Gasteiger partial charge in [0.15, 0.2) is 12.6 Å². The van der Waals surface area contributed by atoms with Crippen LogP contribution < -0.4 is 5.32 Å². The first-order valence-corrected chi connectivity index (χ1v) is 13.0. The number of carbonyl (C=O) groups excluding carboxylic acids is 2. The number of hydrogen-bond donors (Lipinski definition) is 2. The van der Waals surface area contributed by atoms with Gasteiger partial charge < -0.3 is 19.6 Å². The molecule has 3 aliphatic rings. The lowest BCUT2D eigenvalue weighted by Crippen LogP contribution is -2.66. The smallest absolute Gasteiger partial charge is 0.349 e. The first-order valence-electron chi connectivity index (χ1n) is 11.2. The Labute approximate surface area is 201 Å². The van der Waals surface area contributed by atoms with Crippen LogP contribution >= 0.6 is 22.7 Å². The van der Waals surface area contributed by atoms with Crippen LogP contribution in [0.4, 0.5) is 5.69 Å². The van der Waals surface area contributed by atoms with Gasteiger partial charge in [-0.3, -0.25) is 4.79 Å². The van der Waals surface area contributed by atoms with E-state index in [9.17, 15) is 14.7 Å². The van der Waals surface area contributed by atoms with Gasteiger partial charge in [0.2, 0.25) is 5.60 Å². The van der Waals surface area contributed by atoms with Gasteiger partial charge in [-0.15, -0.1) is 22.7 Å². The fourth-order valence-electron chi connectivity index (χ4n) is 5.12. The van der Waals surface area contributed by atoms with Crippen LogP contribution in [0.1, 0.15) is 22.6 Å². The summed E-state index contributed by atoms with van der Waals surface area (Å²) in [5.41, 5.74) is -1.02. The molecule has 8 heteroatoms. The van der Waals surface area contributed by atoms with Crippen molar-refractivity contribution in [3.63, 3.8) is 0 Å². The second-order valence-corrected chi connectivity index (χ2v) is 10.9. The number of piperidine rings is 3. The number of para-hydroxylation sites is 1. The van der Waals surface area contributed by atoms with Crippen LogP contribution in [0, 0.1) is 5.92 Å². The summed E-state index contributed by atoms with van der Waals surface area (Å²) in [6, 6.07) is 16.6. The molecule has 0 saturated carbocycles. The lowest BCUT2D eigenvalue weighted by atomic mass is 9.83. The van der Waals surface area contributed by atoms with Gasteiger partial charge in [0.1, 0.15) is 6.54 Å². The van der Waals surface area contributed by atoms with Crippen molar-refractivity contribution in [3.05, 3.63) is 75.1 Å². The Morgan fingerprint density at radius 1 is 1.00 bits per heavy atom. The molecule has 6 rings (SSSR count). The minimum Gasteiger partial charge on any atom is -0.453 e. The molecule has 1 aromatic carbocycles. The molecular weight excluding hydrogens is 456 g/mol. The highest BCUT2D eigenvalue weighted by Crippen LogP contribution is 2.40. The van der Waals surface area contributed by atoms with E-state index < -0.39 is 11.6 Å². The number of rotatable bonds is 7. The van der Waals surface area contributed by atoms with Gasteiger partial charge in [0.05, 0.1) is 22.8 Å². The van der Waals surface area contributed by atoms with Gasteiger partial charge in [-0.2, -0.15) is 0 Å². The molecule has 3 aromatic rings. The number of thiophene rings is 2. The Bertz CT molecular complexity index is 1060. The van der Waals surface area contributed by atoms with Crippen molar-refractivity contribution in [2.24, 2.45) is 5.92 Å². The van der Waals surface area contributed by atoms with E-state index in [0.29, 0.717) is 27.3 Å². The predicted molar refractivity (Wildman–Crippen MR) is 129 cm³/mol. The number of fused-ring (bicyclic) bond motifs is 3. The Hall–Kier alpha value is -2.52. The Morgan fingerprint density at radius 2 is 1.64 bits per heavy atom. The average Bonchev–Trinajstić information content (AvgIpc) is 3.54. The second-order valence-electron chi connectivity index (χ2n) is 8.99. The molecule has 2 N–H and O–H groups in total. The van der Waals surface area contributed by atoms with E-state index in [2.05, 4.69) is 5.32 Å². The summed E-state index contributed by atoms with van der Waals surface area (Å²) < 4.78 is 6.65. The average molecular weight is 484 g/mol. The number of nitrogens with zero attached hydrogens (tertiary/aromatic N) is 1. The van der Waals surface area contributed by atoms with E-state index in [0.717, 1.165) is 31.6 Å². The molecule has 2 bridgehead atoms. The van der Waals surface area contributed by atoms with Crippen molar-refractivity contribution in [3.8, 4) is 0 Å². The van der Waals surface area contributed by atoms with Gasteiger partial charge in [-0.25, -0.2) is 4.79 Å². The monoisotopic (exact) mass is 483 g/mol.